The molecular weight excluding hydrogens is 446 g/mol. The van der Waals surface area contributed by atoms with Crippen molar-refractivity contribution in [1.29, 1.82) is 0 Å². The van der Waals surface area contributed by atoms with Gasteiger partial charge < -0.3 is 5.32 Å². The number of rotatable bonds is 4. The molecule has 0 radical (unpaired) electrons. The number of anilines is 1. The fourth-order valence-electron chi connectivity index (χ4n) is 3.56. The molecule has 10 heteroatoms. The van der Waals surface area contributed by atoms with Gasteiger partial charge in [-0.05, 0) is 42.0 Å². The number of aliphatic imine (C=N–C) groups is 1. The second-order valence-corrected chi connectivity index (χ2v) is 8.86. The van der Waals surface area contributed by atoms with Crippen LogP contribution in [0.4, 0.5) is 23.2 Å². The molecule has 0 amide bonds. The van der Waals surface area contributed by atoms with Gasteiger partial charge in [0, 0.05) is 17.0 Å². The van der Waals surface area contributed by atoms with Gasteiger partial charge in [0.1, 0.15) is 28.2 Å². The van der Waals surface area contributed by atoms with Crippen LogP contribution in [0.2, 0.25) is 0 Å². The fourth-order valence-corrected chi connectivity index (χ4v) is 4.72. The third kappa shape index (κ3) is 4.05. The minimum atomic E-state index is -4.15. The van der Waals surface area contributed by atoms with Crippen molar-refractivity contribution >= 4 is 21.7 Å². The number of halogens is 4. The maximum Gasteiger partial charge on any atom is 0.266 e. The SMILES string of the molecule is C[C@@H](c1ccccc1F)c1c(F)ccc2c1NC(=NCc1cc(F)ccc1F)NS2(=O)=O. The second-order valence-electron chi connectivity index (χ2n) is 7.21. The summed E-state index contributed by atoms with van der Waals surface area (Å²) < 4.78 is 84.2. The van der Waals surface area contributed by atoms with Crippen molar-refractivity contribution in [2.24, 2.45) is 4.99 Å². The van der Waals surface area contributed by atoms with Gasteiger partial charge in [0.2, 0.25) is 5.96 Å². The summed E-state index contributed by atoms with van der Waals surface area (Å²) in [5, 5.41) is 2.72. The molecule has 2 N–H and O–H groups in total. The lowest BCUT2D eigenvalue weighted by Crippen LogP contribution is -2.41. The minimum absolute atomic E-state index is 0.0673. The highest BCUT2D eigenvalue weighted by Gasteiger charge is 2.32. The highest BCUT2D eigenvalue weighted by Crippen LogP contribution is 2.38. The van der Waals surface area contributed by atoms with Crippen LogP contribution in [-0.4, -0.2) is 14.4 Å². The molecule has 166 valence electrons. The summed E-state index contributed by atoms with van der Waals surface area (Å²) in [7, 11) is -4.15. The van der Waals surface area contributed by atoms with E-state index in [9.17, 15) is 26.0 Å². The number of nitrogens with one attached hydrogen (secondary N) is 2. The van der Waals surface area contributed by atoms with Gasteiger partial charge in [-0.1, -0.05) is 25.1 Å². The van der Waals surface area contributed by atoms with Crippen molar-refractivity contribution in [2.45, 2.75) is 24.3 Å². The van der Waals surface area contributed by atoms with Crippen LogP contribution in [0.15, 0.2) is 64.5 Å². The van der Waals surface area contributed by atoms with E-state index < -0.39 is 39.2 Å². The van der Waals surface area contributed by atoms with Gasteiger partial charge in [-0.25, -0.2) is 35.7 Å². The van der Waals surface area contributed by atoms with Crippen LogP contribution in [0, 0.1) is 23.3 Å². The summed E-state index contributed by atoms with van der Waals surface area (Å²) in [6, 6.07) is 10.7. The molecule has 1 heterocycles. The number of nitrogens with zero attached hydrogens (tertiary/aromatic N) is 1. The van der Waals surface area contributed by atoms with Gasteiger partial charge in [0.05, 0.1) is 12.2 Å². The van der Waals surface area contributed by atoms with Crippen molar-refractivity contribution in [3.8, 4) is 0 Å². The summed E-state index contributed by atoms with van der Waals surface area (Å²) in [6.07, 6.45) is 0. The first-order chi connectivity index (χ1) is 15.2. The zero-order valence-electron chi connectivity index (χ0n) is 16.7. The lowest BCUT2D eigenvalue weighted by Gasteiger charge is -2.26. The quantitative estimate of drug-likeness (QED) is 0.553. The first-order valence-electron chi connectivity index (χ1n) is 9.52. The molecule has 0 aromatic heterocycles. The largest absolute Gasteiger partial charge is 0.324 e. The maximum absolute atomic E-state index is 14.9. The summed E-state index contributed by atoms with van der Waals surface area (Å²) >= 11 is 0. The number of hydrogen-bond donors (Lipinski definition) is 2. The van der Waals surface area contributed by atoms with E-state index in [0.717, 1.165) is 30.3 Å². The predicted molar refractivity (Wildman–Crippen MR) is 112 cm³/mol. The van der Waals surface area contributed by atoms with E-state index in [1.165, 1.54) is 18.2 Å². The first-order valence-corrected chi connectivity index (χ1v) is 11.0. The van der Waals surface area contributed by atoms with E-state index in [1.54, 1.807) is 13.0 Å². The van der Waals surface area contributed by atoms with E-state index in [4.69, 9.17) is 0 Å². The third-order valence-electron chi connectivity index (χ3n) is 5.14. The molecule has 1 aliphatic rings. The fraction of sp³-hybridized carbons (Fsp3) is 0.136. The van der Waals surface area contributed by atoms with E-state index >= 15 is 0 Å². The molecule has 3 aromatic carbocycles. The minimum Gasteiger partial charge on any atom is -0.324 e. The predicted octanol–water partition coefficient (Wildman–Crippen LogP) is 4.65. The Morgan fingerprint density at radius 2 is 1.66 bits per heavy atom. The Hall–Kier alpha value is -3.40. The average Bonchev–Trinajstić information content (AvgIpc) is 2.73. The number of guanidine groups is 1. The van der Waals surface area contributed by atoms with E-state index in [-0.39, 0.29) is 39.8 Å². The van der Waals surface area contributed by atoms with Crippen molar-refractivity contribution in [2.75, 3.05) is 5.32 Å². The number of benzene rings is 3. The highest BCUT2D eigenvalue weighted by atomic mass is 32.2. The van der Waals surface area contributed by atoms with E-state index in [2.05, 4.69) is 15.0 Å². The van der Waals surface area contributed by atoms with Crippen LogP contribution in [0.25, 0.3) is 0 Å². The monoisotopic (exact) mass is 463 g/mol. The molecule has 0 unspecified atom stereocenters. The van der Waals surface area contributed by atoms with Gasteiger partial charge >= 0.3 is 0 Å². The molecule has 0 fully saturated rings. The molecule has 1 aliphatic heterocycles. The third-order valence-corrected chi connectivity index (χ3v) is 6.52. The average molecular weight is 463 g/mol. The van der Waals surface area contributed by atoms with E-state index in [0.29, 0.717) is 0 Å². The Labute approximate surface area is 181 Å². The second kappa shape index (κ2) is 8.27. The van der Waals surface area contributed by atoms with Gasteiger partial charge in [-0.3, -0.25) is 0 Å². The standard InChI is InChI=1S/C22H17F4N3O2S/c1-12(15-4-2-3-5-17(15)25)20-18(26)8-9-19-21(20)28-22(29-32(19,30)31)27-11-13-10-14(23)6-7-16(13)24/h2-10,12H,11H2,1H3,(H2,27,28,29)/t12-/m0/s1. The zero-order valence-corrected chi connectivity index (χ0v) is 17.5. The van der Waals surface area contributed by atoms with Crippen molar-refractivity contribution in [3.05, 3.63) is 94.6 Å². The smallest absolute Gasteiger partial charge is 0.266 e. The van der Waals surface area contributed by atoms with Gasteiger partial charge in [-0.2, -0.15) is 0 Å². The van der Waals surface area contributed by atoms with Crippen LogP contribution < -0.4 is 10.0 Å². The lowest BCUT2D eigenvalue weighted by molar-refractivity contribution is 0.577. The summed E-state index contributed by atoms with van der Waals surface area (Å²) in [6.45, 7) is 1.17. The van der Waals surface area contributed by atoms with Crippen LogP contribution in [0.3, 0.4) is 0 Å². The highest BCUT2D eigenvalue weighted by molar-refractivity contribution is 7.90. The normalized spacial score (nSPS) is 16.7. The number of sulfonamides is 1. The molecule has 5 nitrogen and oxygen atoms in total. The molecule has 0 spiro atoms. The Balaban J connectivity index is 1.78. The molecule has 4 rings (SSSR count). The molecule has 0 aliphatic carbocycles. The molecule has 32 heavy (non-hydrogen) atoms. The Morgan fingerprint density at radius 3 is 2.41 bits per heavy atom. The zero-order chi connectivity index (χ0) is 23.0. The van der Waals surface area contributed by atoms with Crippen molar-refractivity contribution < 1.29 is 26.0 Å². The summed E-state index contributed by atoms with van der Waals surface area (Å²) in [4.78, 5) is 3.74. The van der Waals surface area contributed by atoms with Gasteiger partial charge in [0.25, 0.3) is 10.0 Å². The molecule has 3 aromatic rings. The Morgan fingerprint density at radius 1 is 0.938 bits per heavy atom. The van der Waals surface area contributed by atoms with Crippen LogP contribution in [0.1, 0.15) is 29.5 Å². The topological polar surface area (TPSA) is 70.6 Å². The van der Waals surface area contributed by atoms with Gasteiger partial charge in [0.15, 0.2) is 0 Å². The Bertz CT molecular complexity index is 1340. The molecule has 0 saturated heterocycles. The molecule has 0 saturated carbocycles. The molecule has 1 atom stereocenters. The molecular formula is C22H17F4N3O2S. The van der Waals surface area contributed by atoms with E-state index in [1.807, 2.05) is 0 Å². The summed E-state index contributed by atoms with van der Waals surface area (Å²) in [5.74, 6) is -3.83. The Kier molecular flexibility index (Phi) is 5.64. The van der Waals surface area contributed by atoms with Crippen LogP contribution >= 0.6 is 0 Å². The first kappa shape index (κ1) is 21.8. The number of hydrogen-bond acceptors (Lipinski definition) is 3. The van der Waals surface area contributed by atoms with Crippen molar-refractivity contribution in [3.63, 3.8) is 0 Å². The molecule has 0 bridgehead atoms. The maximum atomic E-state index is 14.9. The van der Waals surface area contributed by atoms with Gasteiger partial charge in [-0.15, -0.1) is 0 Å². The lowest BCUT2D eigenvalue weighted by atomic mass is 9.91. The van der Waals surface area contributed by atoms with Crippen molar-refractivity contribution in [1.82, 2.24) is 4.72 Å². The van der Waals surface area contributed by atoms with Crippen LogP contribution in [0.5, 0.6) is 0 Å². The summed E-state index contributed by atoms with van der Waals surface area (Å²) in [5.41, 5.74) is -0.0818. The van der Waals surface area contributed by atoms with Crippen LogP contribution in [-0.2, 0) is 16.6 Å². The number of fused-ring (bicyclic) bond motifs is 1.